The number of anilines is 1. The van der Waals surface area contributed by atoms with E-state index in [0.717, 1.165) is 0 Å². The fraction of sp³-hybridized carbons (Fsp3) is 0.500. The van der Waals surface area contributed by atoms with Crippen molar-refractivity contribution in [3.8, 4) is 0 Å². The predicted octanol–water partition coefficient (Wildman–Crippen LogP) is -0.931. The van der Waals surface area contributed by atoms with Crippen LogP contribution in [0.1, 0.15) is 13.3 Å². The van der Waals surface area contributed by atoms with Crippen LogP contribution in [0.5, 0.6) is 0 Å². The summed E-state index contributed by atoms with van der Waals surface area (Å²) in [6, 6.07) is 0. The number of aromatic amines is 1. The fourth-order valence-electron chi connectivity index (χ4n) is 1.91. The molecule has 4 N–H and O–H groups in total. The summed E-state index contributed by atoms with van der Waals surface area (Å²) in [5, 5.41) is 20.5. The lowest BCUT2D eigenvalue weighted by Crippen LogP contribution is -2.17. The van der Waals surface area contributed by atoms with Gasteiger partial charge >= 0.3 is 0 Å². The molecule has 2 aromatic rings. The summed E-state index contributed by atoms with van der Waals surface area (Å²) in [6.07, 6.45) is 1.98. The van der Waals surface area contributed by atoms with Gasteiger partial charge in [0.2, 0.25) is 11.9 Å². The quantitative estimate of drug-likeness (QED) is 0.544. The first-order valence-electron chi connectivity index (χ1n) is 6.49. The maximum absolute atomic E-state index is 11.8. The molecule has 0 bridgehead atoms. The number of nitrogens with one attached hydrogen (secondary N) is 2. The number of H-pyrrole nitrogens is 1. The van der Waals surface area contributed by atoms with Crippen LogP contribution in [0.4, 0.5) is 5.95 Å². The first-order valence-corrected chi connectivity index (χ1v) is 6.49. The van der Waals surface area contributed by atoms with Gasteiger partial charge in [-0.05, 0) is 6.42 Å². The molecule has 0 aliphatic rings. The molecule has 2 heterocycles. The van der Waals surface area contributed by atoms with Gasteiger partial charge in [-0.15, -0.1) is 0 Å². The molecule has 9 heteroatoms. The molecule has 0 fully saturated rings. The number of carbonyl (C=O) groups is 1. The molecule has 0 atom stereocenters. The molecule has 0 unspecified atom stereocenters. The van der Waals surface area contributed by atoms with Crippen molar-refractivity contribution in [3.05, 3.63) is 16.7 Å². The number of hydrogen-bond acceptors (Lipinski definition) is 6. The maximum Gasteiger partial charge on any atom is 0.280 e. The molecule has 0 spiro atoms. The number of aryl methyl sites for hydroxylation is 1. The molecule has 0 aromatic carbocycles. The normalized spacial score (nSPS) is 11.2. The van der Waals surface area contributed by atoms with E-state index in [1.54, 1.807) is 4.57 Å². The molecule has 2 aromatic heterocycles. The summed E-state index contributed by atoms with van der Waals surface area (Å²) in [5.41, 5.74) is 0.0779. The Morgan fingerprint density at radius 3 is 2.81 bits per heavy atom. The SMILES string of the molecule is CC(=O)Nc1nc2c(ncn2CCC(CO)CO)c(=O)[nH]1. The molecule has 0 saturated carbocycles. The minimum absolute atomic E-state index is 0.0580. The Labute approximate surface area is 119 Å². The Morgan fingerprint density at radius 2 is 2.19 bits per heavy atom. The Balaban J connectivity index is 2.30. The Kier molecular flexibility index (Phi) is 4.66. The van der Waals surface area contributed by atoms with Gasteiger partial charge in [-0.25, -0.2) is 4.98 Å². The second-order valence-corrected chi connectivity index (χ2v) is 4.73. The summed E-state index contributed by atoms with van der Waals surface area (Å²) in [5.74, 6) is -0.522. The van der Waals surface area contributed by atoms with E-state index in [2.05, 4.69) is 20.3 Å². The second kappa shape index (κ2) is 6.46. The lowest BCUT2D eigenvalue weighted by Gasteiger charge is -2.11. The molecule has 1 amide bonds. The summed E-state index contributed by atoms with van der Waals surface area (Å²) in [6.45, 7) is 1.52. The van der Waals surface area contributed by atoms with Gasteiger partial charge in [-0.2, -0.15) is 4.98 Å². The minimum atomic E-state index is -0.441. The van der Waals surface area contributed by atoms with Crippen LogP contribution in [0, 0.1) is 5.92 Å². The van der Waals surface area contributed by atoms with Crippen LogP contribution in [0.3, 0.4) is 0 Å². The van der Waals surface area contributed by atoms with Crippen LogP contribution < -0.4 is 10.9 Å². The average molecular weight is 295 g/mol. The van der Waals surface area contributed by atoms with Crippen LogP contribution in [-0.4, -0.2) is 48.9 Å². The van der Waals surface area contributed by atoms with Crippen LogP contribution in [0.2, 0.25) is 0 Å². The lowest BCUT2D eigenvalue weighted by atomic mass is 10.1. The van der Waals surface area contributed by atoms with E-state index >= 15 is 0 Å². The van der Waals surface area contributed by atoms with Crippen molar-refractivity contribution in [2.75, 3.05) is 18.5 Å². The third-order valence-electron chi connectivity index (χ3n) is 3.06. The third kappa shape index (κ3) is 3.44. The zero-order valence-corrected chi connectivity index (χ0v) is 11.5. The number of nitrogens with zero attached hydrogens (tertiary/aromatic N) is 3. The van der Waals surface area contributed by atoms with E-state index in [1.807, 2.05) is 0 Å². The maximum atomic E-state index is 11.8. The molecule has 0 saturated heterocycles. The Morgan fingerprint density at radius 1 is 1.48 bits per heavy atom. The largest absolute Gasteiger partial charge is 0.396 e. The average Bonchev–Trinajstić information content (AvgIpc) is 2.83. The van der Waals surface area contributed by atoms with E-state index in [9.17, 15) is 9.59 Å². The van der Waals surface area contributed by atoms with Crippen LogP contribution in [0.15, 0.2) is 11.1 Å². The van der Waals surface area contributed by atoms with Gasteiger partial charge in [0, 0.05) is 32.6 Å². The number of imidazole rings is 1. The number of aliphatic hydroxyl groups is 2. The van der Waals surface area contributed by atoms with E-state index < -0.39 is 5.56 Å². The van der Waals surface area contributed by atoms with Gasteiger partial charge in [-0.1, -0.05) is 0 Å². The van der Waals surface area contributed by atoms with Crippen molar-refractivity contribution in [1.29, 1.82) is 0 Å². The number of carbonyl (C=O) groups excluding carboxylic acids is 1. The van der Waals surface area contributed by atoms with Gasteiger partial charge in [0.1, 0.15) is 0 Å². The van der Waals surface area contributed by atoms with E-state index in [-0.39, 0.29) is 36.5 Å². The molecule has 0 radical (unpaired) electrons. The Bertz CT molecular complexity index is 689. The van der Waals surface area contributed by atoms with Gasteiger partial charge in [-0.3, -0.25) is 19.9 Å². The standard InChI is InChI=1S/C12H17N5O4/c1-7(20)14-12-15-10-9(11(21)16-12)13-6-17(10)3-2-8(4-18)5-19/h6,8,18-19H,2-5H2,1H3,(H2,14,15,16,20,21). The van der Waals surface area contributed by atoms with Gasteiger partial charge in [0.15, 0.2) is 11.2 Å². The number of aliphatic hydroxyl groups excluding tert-OH is 2. The third-order valence-corrected chi connectivity index (χ3v) is 3.06. The fourth-order valence-corrected chi connectivity index (χ4v) is 1.91. The highest BCUT2D eigenvalue weighted by Gasteiger charge is 2.12. The van der Waals surface area contributed by atoms with E-state index in [4.69, 9.17) is 10.2 Å². The van der Waals surface area contributed by atoms with Gasteiger partial charge in [0.05, 0.1) is 6.33 Å². The topological polar surface area (TPSA) is 133 Å². The number of aromatic nitrogens is 4. The molecule has 9 nitrogen and oxygen atoms in total. The number of rotatable bonds is 6. The smallest absolute Gasteiger partial charge is 0.280 e. The zero-order chi connectivity index (χ0) is 15.4. The summed E-state index contributed by atoms with van der Waals surface area (Å²) in [4.78, 5) is 33.4. The number of amides is 1. The first kappa shape index (κ1) is 15.1. The summed E-state index contributed by atoms with van der Waals surface area (Å²) in [7, 11) is 0. The summed E-state index contributed by atoms with van der Waals surface area (Å²) < 4.78 is 1.65. The van der Waals surface area contributed by atoms with Crippen molar-refractivity contribution in [2.45, 2.75) is 19.9 Å². The molecule has 0 aliphatic carbocycles. The molecule has 0 aliphatic heterocycles. The summed E-state index contributed by atoms with van der Waals surface area (Å²) >= 11 is 0. The van der Waals surface area contributed by atoms with E-state index in [0.29, 0.717) is 18.6 Å². The molecule has 21 heavy (non-hydrogen) atoms. The van der Waals surface area contributed by atoms with Crippen molar-refractivity contribution in [1.82, 2.24) is 19.5 Å². The predicted molar refractivity (Wildman–Crippen MR) is 74.7 cm³/mol. The van der Waals surface area contributed by atoms with Crippen LogP contribution in [-0.2, 0) is 11.3 Å². The molecular weight excluding hydrogens is 278 g/mol. The lowest BCUT2D eigenvalue weighted by molar-refractivity contribution is -0.114. The van der Waals surface area contributed by atoms with Crippen molar-refractivity contribution in [3.63, 3.8) is 0 Å². The monoisotopic (exact) mass is 295 g/mol. The van der Waals surface area contributed by atoms with Crippen molar-refractivity contribution < 1.29 is 15.0 Å². The highest BCUT2D eigenvalue weighted by molar-refractivity contribution is 5.87. The minimum Gasteiger partial charge on any atom is -0.396 e. The van der Waals surface area contributed by atoms with Crippen LogP contribution in [0.25, 0.3) is 11.2 Å². The Hall–Kier alpha value is -2.26. The van der Waals surface area contributed by atoms with Gasteiger partial charge in [0.25, 0.3) is 5.56 Å². The van der Waals surface area contributed by atoms with E-state index in [1.165, 1.54) is 13.3 Å². The first-order chi connectivity index (χ1) is 10.0. The highest BCUT2D eigenvalue weighted by atomic mass is 16.3. The number of fused-ring (bicyclic) bond motifs is 1. The molecule has 114 valence electrons. The van der Waals surface area contributed by atoms with Crippen molar-refractivity contribution >= 4 is 23.0 Å². The zero-order valence-electron chi connectivity index (χ0n) is 11.5. The highest BCUT2D eigenvalue weighted by Crippen LogP contribution is 2.11. The molecular formula is C12H17N5O4. The van der Waals surface area contributed by atoms with Crippen molar-refractivity contribution in [2.24, 2.45) is 5.92 Å². The number of hydrogen-bond donors (Lipinski definition) is 4. The second-order valence-electron chi connectivity index (χ2n) is 4.73. The molecule has 2 rings (SSSR count). The van der Waals surface area contributed by atoms with Gasteiger partial charge < -0.3 is 14.8 Å². The van der Waals surface area contributed by atoms with Crippen LogP contribution >= 0.6 is 0 Å².